The van der Waals surface area contributed by atoms with Crippen molar-refractivity contribution >= 4 is 63.4 Å². The Morgan fingerprint density at radius 2 is 1.95 bits per heavy atom. The Labute approximate surface area is 142 Å². The van der Waals surface area contributed by atoms with Crippen molar-refractivity contribution in [2.24, 2.45) is 0 Å². The zero-order valence-corrected chi connectivity index (χ0v) is 15.7. The van der Waals surface area contributed by atoms with Gasteiger partial charge in [0.25, 0.3) is 0 Å². The van der Waals surface area contributed by atoms with Gasteiger partial charge < -0.3 is 4.52 Å². The Morgan fingerprint density at radius 3 is 2.40 bits per heavy atom. The lowest BCUT2D eigenvalue weighted by atomic mass is 10.2. The largest absolute Gasteiger partial charge is 0.422 e. The van der Waals surface area contributed by atoms with Crippen LogP contribution < -0.4 is 0 Å². The SMILES string of the molecule is CCOP(=S)(OCC)O/C(=C/Cl)c1ccc(Cl)cc1Br. The molecule has 0 aliphatic carbocycles. The molecule has 0 fully saturated rings. The van der Waals surface area contributed by atoms with Crippen LogP contribution in [0.25, 0.3) is 5.76 Å². The van der Waals surface area contributed by atoms with E-state index < -0.39 is 6.72 Å². The van der Waals surface area contributed by atoms with Crippen molar-refractivity contribution in [1.82, 2.24) is 0 Å². The Bertz CT molecular complexity index is 529. The van der Waals surface area contributed by atoms with Crippen molar-refractivity contribution in [3.05, 3.63) is 38.8 Å². The molecular weight excluding hydrogens is 406 g/mol. The van der Waals surface area contributed by atoms with Crippen LogP contribution in [0.3, 0.4) is 0 Å². The summed E-state index contributed by atoms with van der Waals surface area (Å²) in [5.41, 5.74) is 2.02. The smallest absolute Gasteiger partial charge is 0.380 e. The third-order valence-electron chi connectivity index (χ3n) is 2.08. The monoisotopic (exact) mass is 418 g/mol. The van der Waals surface area contributed by atoms with E-state index in [4.69, 9.17) is 48.6 Å². The lowest BCUT2D eigenvalue weighted by molar-refractivity contribution is 0.210. The standard InChI is InChI=1S/C12H14BrCl2O3PS/c1-3-16-19(20,17-4-2)18-12(8-14)10-6-5-9(15)7-11(10)13/h5-8H,3-4H2,1-2H3/b12-8+. The van der Waals surface area contributed by atoms with Crippen LogP contribution in [0, 0.1) is 0 Å². The maximum atomic E-state index is 5.91. The molecule has 0 radical (unpaired) electrons. The molecule has 0 saturated heterocycles. The van der Waals surface area contributed by atoms with Gasteiger partial charge in [-0.15, -0.1) is 0 Å². The number of benzene rings is 1. The minimum absolute atomic E-state index is 0.375. The third-order valence-corrected chi connectivity index (χ3v) is 5.59. The Hall–Kier alpha value is 0.390. The molecule has 0 amide bonds. The Morgan fingerprint density at radius 1 is 1.35 bits per heavy atom. The van der Waals surface area contributed by atoms with Crippen LogP contribution in [0.2, 0.25) is 5.02 Å². The van der Waals surface area contributed by atoms with Crippen molar-refractivity contribution in [2.45, 2.75) is 13.8 Å². The predicted octanol–water partition coefficient (Wildman–Crippen LogP) is 5.95. The van der Waals surface area contributed by atoms with Gasteiger partial charge >= 0.3 is 6.72 Å². The molecule has 1 aromatic rings. The van der Waals surface area contributed by atoms with Gasteiger partial charge in [-0.3, -0.25) is 9.05 Å². The van der Waals surface area contributed by atoms with E-state index in [-0.39, 0.29) is 0 Å². The van der Waals surface area contributed by atoms with Crippen LogP contribution in [0.4, 0.5) is 0 Å². The van der Waals surface area contributed by atoms with E-state index in [0.29, 0.717) is 24.0 Å². The van der Waals surface area contributed by atoms with Gasteiger partial charge in [-0.05, 0) is 48.0 Å². The third kappa shape index (κ3) is 5.30. The average Bonchev–Trinajstić information content (AvgIpc) is 2.37. The summed E-state index contributed by atoms with van der Waals surface area (Å²) in [6.45, 7) is 1.58. The van der Waals surface area contributed by atoms with Crippen LogP contribution in [-0.4, -0.2) is 13.2 Å². The van der Waals surface area contributed by atoms with Crippen molar-refractivity contribution < 1.29 is 13.6 Å². The minimum Gasteiger partial charge on any atom is -0.422 e. The second-order valence-corrected chi connectivity index (χ2v) is 7.92. The zero-order chi connectivity index (χ0) is 15.2. The fraction of sp³-hybridized carbons (Fsp3) is 0.333. The maximum Gasteiger partial charge on any atom is 0.380 e. The summed E-state index contributed by atoms with van der Waals surface area (Å²) in [6, 6.07) is 5.25. The van der Waals surface area contributed by atoms with Gasteiger partial charge in [0.1, 0.15) is 5.76 Å². The second kappa shape index (κ2) is 8.74. The van der Waals surface area contributed by atoms with Crippen molar-refractivity contribution in [2.75, 3.05) is 13.2 Å². The number of hydrogen-bond donors (Lipinski definition) is 0. The molecule has 20 heavy (non-hydrogen) atoms. The molecule has 0 aliphatic heterocycles. The fourth-order valence-electron chi connectivity index (χ4n) is 1.34. The average molecular weight is 420 g/mol. The fourth-order valence-corrected chi connectivity index (χ4v) is 4.52. The first-order valence-corrected chi connectivity index (χ1v) is 9.96. The molecule has 1 rings (SSSR count). The first kappa shape index (κ1) is 18.4. The van der Waals surface area contributed by atoms with Gasteiger partial charge in [0.15, 0.2) is 0 Å². The highest BCUT2D eigenvalue weighted by Crippen LogP contribution is 2.53. The summed E-state index contributed by atoms with van der Waals surface area (Å²) in [7, 11) is 0. The molecule has 0 heterocycles. The summed E-state index contributed by atoms with van der Waals surface area (Å²) < 4.78 is 17.3. The highest BCUT2D eigenvalue weighted by Gasteiger charge is 2.24. The van der Waals surface area contributed by atoms with Gasteiger partial charge in [0.2, 0.25) is 0 Å². The van der Waals surface area contributed by atoms with Crippen molar-refractivity contribution in [3.63, 3.8) is 0 Å². The van der Waals surface area contributed by atoms with E-state index in [2.05, 4.69) is 15.9 Å². The topological polar surface area (TPSA) is 27.7 Å². The Kier molecular flexibility index (Phi) is 8.06. The summed E-state index contributed by atoms with van der Waals surface area (Å²) in [4.78, 5) is 0. The Balaban J connectivity index is 3.05. The van der Waals surface area contributed by atoms with Crippen LogP contribution in [0.1, 0.15) is 19.4 Å². The molecular formula is C12H14BrCl2O3PS. The summed E-state index contributed by atoms with van der Waals surface area (Å²) in [6.07, 6.45) is 0. The molecule has 0 saturated carbocycles. The van der Waals surface area contributed by atoms with Crippen LogP contribution in [0.5, 0.6) is 0 Å². The van der Waals surface area contributed by atoms with E-state index in [1.807, 2.05) is 13.8 Å². The first-order chi connectivity index (χ1) is 9.45. The van der Waals surface area contributed by atoms with Gasteiger partial charge in [-0.25, -0.2) is 0 Å². The molecule has 0 spiro atoms. The molecule has 0 aromatic heterocycles. The molecule has 0 aliphatic rings. The molecule has 0 atom stereocenters. The predicted molar refractivity (Wildman–Crippen MR) is 91.6 cm³/mol. The van der Waals surface area contributed by atoms with Crippen LogP contribution >= 0.6 is 45.9 Å². The van der Waals surface area contributed by atoms with Gasteiger partial charge in [-0.2, -0.15) is 0 Å². The van der Waals surface area contributed by atoms with E-state index in [0.717, 1.165) is 10.0 Å². The van der Waals surface area contributed by atoms with E-state index >= 15 is 0 Å². The first-order valence-electron chi connectivity index (χ1n) is 5.80. The van der Waals surface area contributed by atoms with Gasteiger partial charge in [-0.1, -0.05) is 23.2 Å². The number of rotatable bonds is 7. The van der Waals surface area contributed by atoms with Gasteiger partial charge in [0, 0.05) is 32.4 Å². The molecule has 0 bridgehead atoms. The normalized spacial score (nSPS) is 12.6. The molecule has 8 heteroatoms. The van der Waals surface area contributed by atoms with E-state index in [9.17, 15) is 0 Å². The summed E-state index contributed by atoms with van der Waals surface area (Å²) in [5, 5.41) is 0.601. The zero-order valence-electron chi connectivity index (χ0n) is 10.9. The molecule has 1 aromatic carbocycles. The lowest BCUT2D eigenvalue weighted by Crippen LogP contribution is -2.00. The van der Waals surface area contributed by atoms with E-state index in [1.165, 1.54) is 5.54 Å². The quantitative estimate of drug-likeness (QED) is 0.403. The number of halogens is 3. The van der Waals surface area contributed by atoms with Crippen molar-refractivity contribution in [1.29, 1.82) is 0 Å². The van der Waals surface area contributed by atoms with E-state index in [1.54, 1.807) is 18.2 Å². The maximum absolute atomic E-state index is 5.91. The molecule has 3 nitrogen and oxygen atoms in total. The van der Waals surface area contributed by atoms with Gasteiger partial charge in [0.05, 0.1) is 13.2 Å². The van der Waals surface area contributed by atoms with Crippen molar-refractivity contribution in [3.8, 4) is 0 Å². The number of hydrogen-bond acceptors (Lipinski definition) is 4. The highest BCUT2D eigenvalue weighted by atomic mass is 79.9. The minimum atomic E-state index is -2.86. The van der Waals surface area contributed by atoms with Crippen LogP contribution in [-0.2, 0) is 25.4 Å². The summed E-state index contributed by atoms with van der Waals surface area (Å²) in [5.74, 6) is 0.375. The van der Waals surface area contributed by atoms with Crippen LogP contribution in [0.15, 0.2) is 28.2 Å². The lowest BCUT2D eigenvalue weighted by Gasteiger charge is -2.22. The highest BCUT2D eigenvalue weighted by molar-refractivity contribution is 9.10. The second-order valence-electron chi connectivity index (χ2n) is 3.47. The summed E-state index contributed by atoms with van der Waals surface area (Å²) >= 11 is 20.5. The molecule has 112 valence electrons. The molecule has 0 unspecified atom stereocenters. The molecule has 0 N–H and O–H groups in total.